The lowest BCUT2D eigenvalue weighted by molar-refractivity contribution is -0.387. The van der Waals surface area contributed by atoms with Crippen LogP contribution >= 0.6 is 0 Å². The van der Waals surface area contributed by atoms with Crippen LogP contribution in [-0.2, 0) is 0 Å². The molecule has 0 aliphatic heterocycles. The highest BCUT2D eigenvalue weighted by Crippen LogP contribution is 2.37. The van der Waals surface area contributed by atoms with Crippen LogP contribution in [-0.4, -0.2) is 28.1 Å². The Labute approximate surface area is 92.8 Å². The van der Waals surface area contributed by atoms with Gasteiger partial charge < -0.3 is 9.84 Å². The van der Waals surface area contributed by atoms with Gasteiger partial charge in [-0.05, 0) is 0 Å². The van der Waals surface area contributed by atoms with Crippen molar-refractivity contribution in [3.8, 4) is 5.75 Å². The zero-order valence-corrected chi connectivity index (χ0v) is 8.39. The van der Waals surface area contributed by atoms with Crippen molar-refractivity contribution >= 4 is 11.7 Å². The maximum Gasteiger partial charge on any atom is 0.341 e. The summed E-state index contributed by atoms with van der Waals surface area (Å²) in [6.07, 6.45) is -2.61. The minimum Gasteiger partial charge on any atom is -0.489 e. The third-order valence-electron chi connectivity index (χ3n) is 1.86. The van der Waals surface area contributed by atoms with Crippen LogP contribution in [0.15, 0.2) is 6.20 Å². The van der Waals surface area contributed by atoms with E-state index < -0.39 is 40.0 Å². The summed E-state index contributed by atoms with van der Waals surface area (Å²) in [5.74, 6) is -2.30. The number of hydrogen-bond donors (Lipinski definition) is 1. The first kappa shape index (κ1) is 12.7. The van der Waals surface area contributed by atoms with Gasteiger partial charge in [-0.1, -0.05) is 0 Å². The van der Waals surface area contributed by atoms with Crippen molar-refractivity contribution in [2.45, 2.75) is 6.43 Å². The molecule has 0 aromatic carbocycles. The highest BCUT2D eigenvalue weighted by atomic mass is 19.3. The average molecular weight is 248 g/mol. The Bertz CT molecular complexity index is 477. The molecule has 7 nitrogen and oxygen atoms in total. The Morgan fingerprint density at radius 3 is 2.59 bits per heavy atom. The molecule has 0 aliphatic rings. The first-order chi connectivity index (χ1) is 7.90. The molecule has 0 radical (unpaired) electrons. The number of methoxy groups -OCH3 is 1. The standard InChI is InChI=1S/C8H6F2N2O5/c1-17-6-3(8(13)14)2-11-4(7(9)10)5(6)12(15)16/h2,7H,1H3,(H,13,14). The Kier molecular flexibility index (Phi) is 3.51. The van der Waals surface area contributed by atoms with Gasteiger partial charge in [0.2, 0.25) is 5.75 Å². The maximum absolute atomic E-state index is 12.5. The molecule has 0 fully saturated rings. The van der Waals surface area contributed by atoms with E-state index in [0.29, 0.717) is 6.20 Å². The van der Waals surface area contributed by atoms with E-state index in [1.807, 2.05) is 0 Å². The molecule has 1 aromatic heterocycles. The number of halogens is 2. The van der Waals surface area contributed by atoms with Gasteiger partial charge in [0, 0.05) is 6.20 Å². The van der Waals surface area contributed by atoms with Gasteiger partial charge in [0.15, 0.2) is 5.69 Å². The van der Waals surface area contributed by atoms with Crippen LogP contribution in [0.4, 0.5) is 14.5 Å². The highest BCUT2D eigenvalue weighted by Gasteiger charge is 2.32. The monoisotopic (exact) mass is 248 g/mol. The van der Waals surface area contributed by atoms with E-state index in [0.717, 1.165) is 7.11 Å². The number of alkyl halides is 2. The average Bonchev–Trinajstić information content (AvgIpc) is 2.26. The molecule has 17 heavy (non-hydrogen) atoms. The number of carbonyl (C=O) groups is 1. The van der Waals surface area contributed by atoms with Gasteiger partial charge in [-0.25, -0.2) is 18.6 Å². The fraction of sp³-hybridized carbons (Fsp3) is 0.250. The van der Waals surface area contributed by atoms with Gasteiger partial charge in [0.05, 0.1) is 12.0 Å². The summed E-state index contributed by atoms with van der Waals surface area (Å²) in [5.41, 5.74) is -2.91. The number of nitrogens with zero attached hydrogens (tertiary/aromatic N) is 2. The van der Waals surface area contributed by atoms with Crippen LogP contribution in [0.2, 0.25) is 0 Å². The van der Waals surface area contributed by atoms with Crippen molar-refractivity contribution in [3.63, 3.8) is 0 Å². The molecule has 0 amide bonds. The second-order valence-corrected chi connectivity index (χ2v) is 2.80. The van der Waals surface area contributed by atoms with Crippen molar-refractivity contribution in [3.05, 3.63) is 27.6 Å². The zero-order valence-electron chi connectivity index (χ0n) is 8.39. The fourth-order valence-corrected chi connectivity index (χ4v) is 1.19. The smallest absolute Gasteiger partial charge is 0.341 e. The molecule has 1 N–H and O–H groups in total. The van der Waals surface area contributed by atoms with Gasteiger partial charge in [-0.15, -0.1) is 0 Å². The number of carboxylic acid groups (broad SMARTS) is 1. The van der Waals surface area contributed by atoms with E-state index in [4.69, 9.17) is 5.11 Å². The van der Waals surface area contributed by atoms with Gasteiger partial charge in [-0.3, -0.25) is 10.1 Å². The molecule has 0 saturated carbocycles. The molecule has 0 spiro atoms. The first-order valence-electron chi connectivity index (χ1n) is 4.12. The number of carboxylic acids is 1. The number of ether oxygens (including phenoxy) is 1. The topological polar surface area (TPSA) is 103 Å². The van der Waals surface area contributed by atoms with E-state index >= 15 is 0 Å². The summed E-state index contributed by atoms with van der Waals surface area (Å²) in [4.78, 5) is 23.3. The van der Waals surface area contributed by atoms with Crippen LogP contribution in [0.25, 0.3) is 0 Å². The highest BCUT2D eigenvalue weighted by molar-refractivity contribution is 5.92. The second kappa shape index (κ2) is 4.68. The summed E-state index contributed by atoms with van der Waals surface area (Å²) in [6, 6.07) is 0. The van der Waals surface area contributed by atoms with Crippen LogP contribution in [0, 0.1) is 10.1 Å². The quantitative estimate of drug-likeness (QED) is 0.641. The predicted molar refractivity (Wildman–Crippen MR) is 49.4 cm³/mol. The molecule has 92 valence electrons. The lowest BCUT2D eigenvalue weighted by Crippen LogP contribution is -2.08. The van der Waals surface area contributed by atoms with Gasteiger partial charge in [0.1, 0.15) is 5.56 Å². The Morgan fingerprint density at radius 1 is 1.65 bits per heavy atom. The number of rotatable bonds is 4. The molecule has 9 heteroatoms. The molecule has 0 aliphatic carbocycles. The van der Waals surface area contributed by atoms with Gasteiger partial charge in [-0.2, -0.15) is 0 Å². The Balaban J connectivity index is 3.61. The van der Waals surface area contributed by atoms with Crippen molar-refractivity contribution in [1.82, 2.24) is 4.98 Å². The molecule has 0 unspecified atom stereocenters. The minimum atomic E-state index is -3.20. The van der Waals surface area contributed by atoms with Gasteiger partial charge in [0.25, 0.3) is 6.43 Å². The van der Waals surface area contributed by atoms with Crippen molar-refractivity contribution in [2.75, 3.05) is 7.11 Å². The SMILES string of the molecule is COc1c(C(=O)O)cnc(C(F)F)c1[N+](=O)[O-]. The van der Waals surface area contributed by atoms with Crippen molar-refractivity contribution in [1.29, 1.82) is 0 Å². The van der Waals surface area contributed by atoms with E-state index in [9.17, 15) is 23.7 Å². The third kappa shape index (κ3) is 2.27. The molecule has 1 aromatic rings. The normalized spacial score (nSPS) is 10.4. The minimum absolute atomic E-state index is 0.593. The predicted octanol–water partition coefficient (Wildman–Crippen LogP) is 1.63. The molecular formula is C8H6F2N2O5. The van der Waals surface area contributed by atoms with Crippen LogP contribution < -0.4 is 4.74 Å². The fourth-order valence-electron chi connectivity index (χ4n) is 1.19. The van der Waals surface area contributed by atoms with E-state index in [-0.39, 0.29) is 0 Å². The molecule has 0 atom stereocenters. The number of nitro groups is 1. The molecule has 1 heterocycles. The summed E-state index contributed by atoms with van der Waals surface area (Å²) in [5, 5.41) is 19.3. The third-order valence-corrected chi connectivity index (χ3v) is 1.86. The van der Waals surface area contributed by atoms with Crippen LogP contribution in [0.5, 0.6) is 5.75 Å². The molecule has 0 bridgehead atoms. The second-order valence-electron chi connectivity index (χ2n) is 2.80. The van der Waals surface area contributed by atoms with E-state index in [2.05, 4.69) is 9.72 Å². The van der Waals surface area contributed by atoms with Crippen molar-refractivity contribution in [2.24, 2.45) is 0 Å². The lowest BCUT2D eigenvalue weighted by atomic mass is 10.2. The Morgan fingerprint density at radius 2 is 2.24 bits per heavy atom. The summed E-state index contributed by atoms with van der Waals surface area (Å²) >= 11 is 0. The lowest BCUT2D eigenvalue weighted by Gasteiger charge is -2.08. The summed E-state index contributed by atoms with van der Waals surface area (Å²) in [7, 11) is 0.948. The number of aromatic nitrogens is 1. The van der Waals surface area contributed by atoms with Gasteiger partial charge >= 0.3 is 11.7 Å². The Hall–Kier alpha value is -2.32. The molecular weight excluding hydrogens is 242 g/mol. The number of pyridine rings is 1. The summed E-state index contributed by atoms with van der Waals surface area (Å²) in [6.45, 7) is 0. The van der Waals surface area contributed by atoms with E-state index in [1.165, 1.54) is 0 Å². The zero-order chi connectivity index (χ0) is 13.2. The van der Waals surface area contributed by atoms with Crippen LogP contribution in [0.3, 0.4) is 0 Å². The molecule has 1 rings (SSSR count). The van der Waals surface area contributed by atoms with Crippen molar-refractivity contribution < 1.29 is 28.3 Å². The largest absolute Gasteiger partial charge is 0.489 e. The summed E-state index contributed by atoms with van der Waals surface area (Å²) < 4.78 is 29.4. The number of hydrogen-bond acceptors (Lipinski definition) is 5. The van der Waals surface area contributed by atoms with E-state index in [1.54, 1.807) is 0 Å². The first-order valence-corrected chi connectivity index (χ1v) is 4.12. The maximum atomic E-state index is 12.5. The molecule has 0 saturated heterocycles. The van der Waals surface area contributed by atoms with Crippen LogP contribution in [0.1, 0.15) is 22.5 Å². The number of aromatic carboxylic acids is 1.